The van der Waals surface area contributed by atoms with E-state index in [9.17, 15) is 9.59 Å². The number of carbonyl (C=O) groups excluding carboxylic acids is 2. The fourth-order valence-corrected chi connectivity index (χ4v) is 2.20. The molecule has 0 unspecified atom stereocenters. The van der Waals surface area contributed by atoms with Crippen LogP contribution in [0.4, 0.5) is 0 Å². The average molecular weight is 272 g/mol. The number of hydrogen-bond donors (Lipinski definition) is 0. The van der Waals surface area contributed by atoms with Gasteiger partial charge >= 0.3 is 11.9 Å². The molecule has 0 heterocycles. The number of esters is 2. The van der Waals surface area contributed by atoms with Crippen molar-refractivity contribution in [2.75, 3.05) is 14.2 Å². The minimum atomic E-state index is -0.282. The number of methoxy groups -OCH3 is 2. The Bertz CT molecular complexity index is 589. The Morgan fingerprint density at radius 2 is 1.20 bits per heavy atom. The third-order valence-electron chi connectivity index (χ3n) is 3.23. The molecular formula is C16H16O4. The van der Waals surface area contributed by atoms with Gasteiger partial charge in [0.1, 0.15) is 0 Å². The molecule has 0 bridgehead atoms. The van der Waals surface area contributed by atoms with E-state index in [0.717, 1.165) is 21.9 Å². The molecule has 20 heavy (non-hydrogen) atoms. The van der Waals surface area contributed by atoms with Crippen LogP contribution in [-0.4, -0.2) is 26.2 Å². The SMILES string of the molecule is COC(=O)Cc1cccc2c(CC(=O)OC)cccc12. The molecule has 0 saturated heterocycles. The Morgan fingerprint density at radius 1 is 0.800 bits per heavy atom. The summed E-state index contributed by atoms with van der Waals surface area (Å²) in [5.74, 6) is -0.563. The number of rotatable bonds is 4. The normalized spacial score (nSPS) is 10.3. The largest absolute Gasteiger partial charge is 0.469 e. The minimum Gasteiger partial charge on any atom is -0.469 e. The van der Waals surface area contributed by atoms with Gasteiger partial charge in [0.15, 0.2) is 0 Å². The third-order valence-corrected chi connectivity index (χ3v) is 3.23. The Hall–Kier alpha value is -2.36. The zero-order valence-corrected chi connectivity index (χ0v) is 11.5. The van der Waals surface area contributed by atoms with E-state index in [1.165, 1.54) is 14.2 Å². The summed E-state index contributed by atoms with van der Waals surface area (Å²) in [5, 5.41) is 1.92. The zero-order chi connectivity index (χ0) is 14.5. The second-order valence-electron chi connectivity index (χ2n) is 4.44. The molecule has 0 aromatic heterocycles. The molecule has 0 aliphatic carbocycles. The second kappa shape index (κ2) is 6.19. The van der Waals surface area contributed by atoms with Gasteiger partial charge < -0.3 is 9.47 Å². The molecule has 0 radical (unpaired) electrons. The van der Waals surface area contributed by atoms with Crippen LogP contribution in [0.25, 0.3) is 10.8 Å². The number of hydrogen-bond acceptors (Lipinski definition) is 4. The monoisotopic (exact) mass is 272 g/mol. The third kappa shape index (κ3) is 2.96. The van der Waals surface area contributed by atoms with Crippen molar-refractivity contribution in [1.82, 2.24) is 0 Å². The van der Waals surface area contributed by atoms with Crippen LogP contribution in [0.3, 0.4) is 0 Å². The van der Waals surface area contributed by atoms with Gasteiger partial charge in [0.2, 0.25) is 0 Å². The fraction of sp³-hybridized carbons (Fsp3) is 0.250. The molecule has 0 aliphatic heterocycles. The summed E-state index contributed by atoms with van der Waals surface area (Å²) in [6, 6.07) is 11.4. The highest BCUT2D eigenvalue weighted by Gasteiger charge is 2.11. The molecule has 0 N–H and O–H groups in total. The Balaban J connectivity index is 2.46. The maximum absolute atomic E-state index is 11.4. The lowest BCUT2D eigenvalue weighted by atomic mass is 9.97. The lowest BCUT2D eigenvalue weighted by Crippen LogP contribution is -2.07. The topological polar surface area (TPSA) is 52.6 Å². The molecule has 0 spiro atoms. The first kappa shape index (κ1) is 14.1. The van der Waals surface area contributed by atoms with Crippen molar-refractivity contribution in [2.24, 2.45) is 0 Å². The summed E-state index contributed by atoms with van der Waals surface area (Å²) in [7, 11) is 2.74. The van der Waals surface area contributed by atoms with E-state index in [-0.39, 0.29) is 24.8 Å². The van der Waals surface area contributed by atoms with Crippen molar-refractivity contribution in [3.05, 3.63) is 47.5 Å². The summed E-state index contributed by atoms with van der Waals surface area (Å²) >= 11 is 0. The Labute approximate surface area is 117 Å². The second-order valence-corrected chi connectivity index (χ2v) is 4.44. The Kier molecular flexibility index (Phi) is 4.35. The van der Waals surface area contributed by atoms with Crippen LogP contribution in [0.5, 0.6) is 0 Å². The van der Waals surface area contributed by atoms with Crippen molar-refractivity contribution >= 4 is 22.7 Å². The first-order valence-electron chi connectivity index (χ1n) is 6.29. The highest BCUT2D eigenvalue weighted by molar-refractivity contribution is 5.93. The maximum Gasteiger partial charge on any atom is 0.309 e. The summed E-state index contributed by atoms with van der Waals surface area (Å²) in [4.78, 5) is 22.9. The molecular weight excluding hydrogens is 256 g/mol. The highest BCUT2D eigenvalue weighted by Crippen LogP contribution is 2.23. The van der Waals surface area contributed by atoms with Gasteiger partial charge in [-0.15, -0.1) is 0 Å². The van der Waals surface area contributed by atoms with E-state index in [1.54, 1.807) is 0 Å². The van der Waals surface area contributed by atoms with E-state index >= 15 is 0 Å². The van der Waals surface area contributed by atoms with Crippen LogP contribution < -0.4 is 0 Å². The van der Waals surface area contributed by atoms with Gasteiger partial charge in [-0.2, -0.15) is 0 Å². The van der Waals surface area contributed by atoms with Crippen LogP contribution in [0.1, 0.15) is 11.1 Å². The molecule has 2 rings (SSSR count). The number of ether oxygens (including phenoxy) is 2. The van der Waals surface area contributed by atoms with Gasteiger partial charge in [-0.05, 0) is 21.9 Å². The van der Waals surface area contributed by atoms with Crippen molar-refractivity contribution < 1.29 is 19.1 Å². The molecule has 4 nitrogen and oxygen atoms in total. The fourth-order valence-electron chi connectivity index (χ4n) is 2.20. The van der Waals surface area contributed by atoms with Gasteiger partial charge in [0, 0.05) is 0 Å². The van der Waals surface area contributed by atoms with E-state index < -0.39 is 0 Å². The van der Waals surface area contributed by atoms with Crippen LogP contribution in [-0.2, 0) is 31.9 Å². The molecule has 2 aromatic carbocycles. The summed E-state index contributed by atoms with van der Waals surface area (Å²) in [6.07, 6.45) is 0.436. The zero-order valence-electron chi connectivity index (χ0n) is 11.5. The molecule has 0 aliphatic rings. The van der Waals surface area contributed by atoms with E-state index in [0.29, 0.717) is 0 Å². The van der Waals surface area contributed by atoms with Crippen molar-refractivity contribution in [3.63, 3.8) is 0 Å². The summed E-state index contributed by atoms with van der Waals surface area (Å²) in [6.45, 7) is 0. The standard InChI is InChI=1S/C16H16O4/c1-19-15(17)9-11-5-3-8-14-12(10-16(18)20-2)6-4-7-13(11)14/h3-8H,9-10H2,1-2H3. The highest BCUT2D eigenvalue weighted by atomic mass is 16.5. The molecule has 0 amide bonds. The average Bonchev–Trinajstić information content (AvgIpc) is 2.47. The molecule has 0 saturated carbocycles. The van der Waals surface area contributed by atoms with E-state index in [1.807, 2.05) is 36.4 Å². The van der Waals surface area contributed by atoms with Gasteiger partial charge in [-0.3, -0.25) is 9.59 Å². The van der Waals surface area contributed by atoms with Gasteiger partial charge in [-0.25, -0.2) is 0 Å². The van der Waals surface area contributed by atoms with E-state index in [2.05, 4.69) is 0 Å². The first-order valence-corrected chi connectivity index (χ1v) is 6.29. The Morgan fingerprint density at radius 3 is 1.55 bits per heavy atom. The lowest BCUT2D eigenvalue weighted by Gasteiger charge is -2.09. The summed E-state index contributed by atoms with van der Waals surface area (Å²) in [5.41, 5.74) is 1.78. The van der Waals surface area contributed by atoms with Crippen LogP contribution in [0, 0.1) is 0 Å². The van der Waals surface area contributed by atoms with Gasteiger partial charge in [0.05, 0.1) is 27.1 Å². The maximum atomic E-state index is 11.4. The quantitative estimate of drug-likeness (QED) is 0.801. The van der Waals surface area contributed by atoms with Crippen molar-refractivity contribution in [2.45, 2.75) is 12.8 Å². The molecule has 104 valence electrons. The minimum absolute atomic E-state index is 0.218. The predicted octanol–water partition coefficient (Wildman–Crippen LogP) is 2.27. The lowest BCUT2D eigenvalue weighted by molar-refractivity contribution is -0.140. The van der Waals surface area contributed by atoms with Crippen molar-refractivity contribution in [1.29, 1.82) is 0 Å². The van der Waals surface area contributed by atoms with E-state index in [4.69, 9.17) is 9.47 Å². The number of fused-ring (bicyclic) bond motifs is 1. The molecule has 2 aromatic rings. The number of benzene rings is 2. The van der Waals surface area contributed by atoms with Gasteiger partial charge in [0.25, 0.3) is 0 Å². The molecule has 0 fully saturated rings. The smallest absolute Gasteiger partial charge is 0.309 e. The number of carbonyl (C=O) groups is 2. The molecule has 0 atom stereocenters. The van der Waals surface area contributed by atoms with Crippen LogP contribution in [0.15, 0.2) is 36.4 Å². The van der Waals surface area contributed by atoms with Gasteiger partial charge in [-0.1, -0.05) is 36.4 Å². The van der Waals surface area contributed by atoms with Crippen LogP contribution >= 0.6 is 0 Å². The molecule has 4 heteroatoms. The van der Waals surface area contributed by atoms with Crippen molar-refractivity contribution in [3.8, 4) is 0 Å². The summed E-state index contributed by atoms with van der Waals surface area (Å²) < 4.78 is 9.40. The first-order chi connectivity index (χ1) is 9.65. The van der Waals surface area contributed by atoms with Crippen LogP contribution in [0.2, 0.25) is 0 Å². The predicted molar refractivity (Wildman–Crippen MR) is 75.4 cm³/mol.